The highest BCUT2D eigenvalue weighted by atomic mass is 35.5. The molecule has 1 aliphatic carbocycles. The summed E-state index contributed by atoms with van der Waals surface area (Å²) in [6.45, 7) is -0.749. The Hall–Kier alpha value is -2.42. The van der Waals surface area contributed by atoms with Crippen molar-refractivity contribution in [3.8, 4) is 16.9 Å². The number of hydrogen-bond donors (Lipinski definition) is 1. The minimum absolute atomic E-state index is 0.110. The molecule has 1 atom stereocenters. The van der Waals surface area contributed by atoms with Crippen LogP contribution in [0.2, 0.25) is 5.02 Å². The molecule has 0 heterocycles. The summed E-state index contributed by atoms with van der Waals surface area (Å²) in [6, 6.07) is 6.69. The largest absolute Gasteiger partial charge is 0.491 e. The molecule has 1 saturated carbocycles. The second-order valence-corrected chi connectivity index (χ2v) is 8.15. The summed E-state index contributed by atoms with van der Waals surface area (Å²) >= 11 is 6.26. The van der Waals surface area contributed by atoms with Gasteiger partial charge in [-0.05, 0) is 47.7 Å². The molecule has 2 aromatic rings. The van der Waals surface area contributed by atoms with Crippen LogP contribution in [0.25, 0.3) is 11.1 Å². The van der Waals surface area contributed by atoms with E-state index in [0.29, 0.717) is 12.0 Å². The third kappa shape index (κ3) is 6.31. The van der Waals surface area contributed by atoms with Gasteiger partial charge in [0.05, 0.1) is 29.5 Å². The lowest BCUT2D eigenvalue weighted by molar-refractivity contribution is -0.140. The van der Waals surface area contributed by atoms with E-state index < -0.39 is 42.8 Å². The maximum atomic E-state index is 12.9. The van der Waals surface area contributed by atoms with Crippen LogP contribution in [0.4, 0.5) is 26.3 Å². The van der Waals surface area contributed by atoms with Crippen molar-refractivity contribution in [3.63, 3.8) is 0 Å². The SMILES string of the molecule is O=C(O)C(CC1CC1)c1cc(Cl)c(OCCC(F)(F)F)c(-c2ccc(C(F)(F)F)cc2)c1. The van der Waals surface area contributed by atoms with Crippen LogP contribution in [0.5, 0.6) is 5.75 Å². The maximum absolute atomic E-state index is 12.9. The zero-order chi connectivity index (χ0) is 23.7. The number of hydrogen-bond acceptors (Lipinski definition) is 2. The fourth-order valence-corrected chi connectivity index (χ4v) is 3.63. The molecule has 0 amide bonds. The Morgan fingerprint density at radius 3 is 2.22 bits per heavy atom. The molecule has 1 aliphatic rings. The molecule has 10 heteroatoms. The highest BCUT2D eigenvalue weighted by molar-refractivity contribution is 6.32. The van der Waals surface area contributed by atoms with E-state index >= 15 is 0 Å². The van der Waals surface area contributed by atoms with E-state index in [0.717, 1.165) is 37.1 Å². The number of carboxylic acids is 1. The first-order valence-corrected chi connectivity index (χ1v) is 10.2. The van der Waals surface area contributed by atoms with Gasteiger partial charge >= 0.3 is 18.3 Å². The van der Waals surface area contributed by atoms with Gasteiger partial charge in [0, 0.05) is 5.56 Å². The molecule has 0 aromatic heterocycles. The van der Waals surface area contributed by atoms with Crippen LogP contribution in [-0.2, 0) is 11.0 Å². The van der Waals surface area contributed by atoms with Crippen molar-refractivity contribution in [2.24, 2.45) is 5.92 Å². The maximum Gasteiger partial charge on any atom is 0.416 e. The smallest absolute Gasteiger partial charge is 0.416 e. The first kappa shape index (κ1) is 24.2. The third-order valence-electron chi connectivity index (χ3n) is 5.19. The molecule has 0 bridgehead atoms. The molecule has 0 aliphatic heterocycles. The first-order chi connectivity index (χ1) is 14.8. The second kappa shape index (κ2) is 9.21. The summed E-state index contributed by atoms with van der Waals surface area (Å²) in [7, 11) is 0. The fourth-order valence-electron chi connectivity index (χ4n) is 3.35. The van der Waals surface area contributed by atoms with Crippen LogP contribution >= 0.6 is 11.6 Å². The summed E-state index contributed by atoms with van der Waals surface area (Å²) in [4.78, 5) is 11.8. The molecular formula is C22H19ClF6O3. The van der Waals surface area contributed by atoms with Gasteiger partial charge in [0.2, 0.25) is 0 Å². The number of rotatable bonds is 8. The number of benzene rings is 2. The average Bonchev–Trinajstić information content (AvgIpc) is 3.49. The molecule has 32 heavy (non-hydrogen) atoms. The van der Waals surface area contributed by atoms with Gasteiger partial charge in [-0.15, -0.1) is 0 Å². The quantitative estimate of drug-likeness (QED) is 0.402. The number of alkyl halides is 6. The van der Waals surface area contributed by atoms with Crippen molar-refractivity contribution >= 4 is 17.6 Å². The minimum atomic E-state index is -4.57. The Kier molecular flexibility index (Phi) is 6.97. The summed E-state index contributed by atoms with van der Waals surface area (Å²) in [5.74, 6) is -1.88. The predicted octanol–water partition coefficient (Wildman–Crippen LogP) is 7.33. The van der Waals surface area contributed by atoms with Crippen molar-refractivity contribution in [1.29, 1.82) is 0 Å². The standard InChI is InChI=1S/C22H19ClF6O3/c23-18-11-14(17(20(30)31)9-12-1-2-12)10-16(19(18)32-8-7-21(24,25)26)13-3-5-15(6-4-13)22(27,28)29/h3-6,10-12,17H,1-2,7-9H2,(H,30,31). The third-order valence-corrected chi connectivity index (χ3v) is 5.47. The van der Waals surface area contributed by atoms with Crippen LogP contribution < -0.4 is 4.74 Å². The van der Waals surface area contributed by atoms with Crippen LogP contribution in [0.1, 0.15) is 42.7 Å². The van der Waals surface area contributed by atoms with Crippen LogP contribution in [0, 0.1) is 5.92 Å². The van der Waals surface area contributed by atoms with Crippen LogP contribution in [-0.4, -0.2) is 23.9 Å². The Bertz CT molecular complexity index is 965. The minimum Gasteiger partial charge on any atom is -0.491 e. The van der Waals surface area contributed by atoms with E-state index in [1.54, 1.807) is 0 Å². The zero-order valence-corrected chi connectivity index (χ0v) is 17.3. The molecule has 3 rings (SSSR count). The lowest BCUT2D eigenvalue weighted by Gasteiger charge is -2.19. The first-order valence-electron chi connectivity index (χ1n) is 9.78. The van der Waals surface area contributed by atoms with E-state index in [1.807, 2.05) is 0 Å². The topological polar surface area (TPSA) is 46.5 Å². The van der Waals surface area contributed by atoms with Gasteiger partial charge in [-0.3, -0.25) is 4.79 Å². The number of carbonyl (C=O) groups is 1. The molecule has 1 unspecified atom stereocenters. The number of halogens is 7. The van der Waals surface area contributed by atoms with Crippen molar-refractivity contribution in [1.82, 2.24) is 0 Å². The van der Waals surface area contributed by atoms with Crippen molar-refractivity contribution in [3.05, 3.63) is 52.5 Å². The molecule has 0 spiro atoms. The van der Waals surface area contributed by atoms with Crippen molar-refractivity contribution in [2.75, 3.05) is 6.61 Å². The fraction of sp³-hybridized carbons (Fsp3) is 0.409. The lowest BCUT2D eigenvalue weighted by Crippen LogP contribution is -2.15. The molecule has 174 valence electrons. The molecule has 1 N–H and O–H groups in total. The number of ether oxygens (including phenoxy) is 1. The van der Waals surface area contributed by atoms with Crippen LogP contribution in [0.15, 0.2) is 36.4 Å². The van der Waals surface area contributed by atoms with E-state index in [9.17, 15) is 36.2 Å². The van der Waals surface area contributed by atoms with Gasteiger partial charge in [0.15, 0.2) is 0 Å². The highest BCUT2D eigenvalue weighted by Gasteiger charge is 2.33. The molecule has 2 aromatic carbocycles. The molecular weight excluding hydrogens is 462 g/mol. The Morgan fingerprint density at radius 1 is 1.09 bits per heavy atom. The molecule has 3 nitrogen and oxygen atoms in total. The van der Waals surface area contributed by atoms with Gasteiger partial charge in [-0.1, -0.05) is 36.6 Å². The summed E-state index contributed by atoms with van der Waals surface area (Å²) < 4.78 is 81.6. The Balaban J connectivity index is 2.02. The van der Waals surface area contributed by atoms with E-state index in [-0.39, 0.29) is 27.8 Å². The number of aliphatic carboxylic acids is 1. The van der Waals surface area contributed by atoms with Gasteiger partial charge in [-0.2, -0.15) is 26.3 Å². The number of carboxylic acid groups (broad SMARTS) is 1. The Morgan fingerprint density at radius 2 is 1.72 bits per heavy atom. The van der Waals surface area contributed by atoms with Gasteiger partial charge in [0.1, 0.15) is 5.75 Å². The lowest BCUT2D eigenvalue weighted by atomic mass is 9.90. The molecule has 0 saturated heterocycles. The van der Waals surface area contributed by atoms with Gasteiger partial charge < -0.3 is 9.84 Å². The monoisotopic (exact) mass is 480 g/mol. The zero-order valence-electron chi connectivity index (χ0n) is 16.6. The van der Waals surface area contributed by atoms with Crippen molar-refractivity contribution in [2.45, 2.75) is 44.0 Å². The summed E-state index contributed by atoms with van der Waals surface area (Å²) in [5, 5.41) is 9.55. The summed E-state index contributed by atoms with van der Waals surface area (Å²) in [5.41, 5.74) is -0.252. The molecule has 0 radical (unpaired) electrons. The summed E-state index contributed by atoms with van der Waals surface area (Å²) in [6.07, 6.45) is -8.12. The van der Waals surface area contributed by atoms with E-state index in [2.05, 4.69) is 0 Å². The average molecular weight is 481 g/mol. The van der Waals surface area contributed by atoms with E-state index in [4.69, 9.17) is 16.3 Å². The van der Waals surface area contributed by atoms with Gasteiger partial charge in [-0.25, -0.2) is 0 Å². The van der Waals surface area contributed by atoms with Gasteiger partial charge in [0.25, 0.3) is 0 Å². The van der Waals surface area contributed by atoms with Crippen molar-refractivity contribution < 1.29 is 41.0 Å². The normalized spacial score (nSPS) is 15.5. The van der Waals surface area contributed by atoms with Crippen LogP contribution in [0.3, 0.4) is 0 Å². The predicted molar refractivity (Wildman–Crippen MR) is 106 cm³/mol. The highest BCUT2D eigenvalue weighted by Crippen LogP contribution is 2.44. The Labute approximate surface area is 184 Å². The molecule has 1 fully saturated rings. The second-order valence-electron chi connectivity index (χ2n) is 7.74. The van der Waals surface area contributed by atoms with E-state index in [1.165, 1.54) is 12.1 Å².